The van der Waals surface area contributed by atoms with Gasteiger partial charge in [0.2, 0.25) is 0 Å². The second-order valence-electron chi connectivity index (χ2n) is 4.80. The van der Waals surface area contributed by atoms with E-state index in [9.17, 15) is 4.79 Å². The molecule has 2 aromatic carbocycles. The first kappa shape index (κ1) is 15.2. The van der Waals surface area contributed by atoms with Crippen LogP contribution in [0.3, 0.4) is 0 Å². The number of ether oxygens (including phenoxy) is 1. The molecule has 1 amide bonds. The number of carbonyl (C=O) groups is 1. The van der Waals surface area contributed by atoms with E-state index in [-0.39, 0.29) is 12.5 Å². The Morgan fingerprint density at radius 2 is 1.90 bits per heavy atom. The van der Waals surface area contributed by atoms with Crippen molar-refractivity contribution in [3.05, 3.63) is 52.5 Å². The lowest BCUT2D eigenvalue weighted by atomic mass is 10.1. The smallest absolute Gasteiger partial charge is 0.262 e. The normalized spacial score (nSPS) is 10.2. The van der Waals surface area contributed by atoms with Gasteiger partial charge in [-0.3, -0.25) is 4.79 Å². The highest BCUT2D eigenvalue weighted by Gasteiger charge is 2.09. The number of hydrogen-bond acceptors (Lipinski definition) is 3. The first-order valence-electron chi connectivity index (χ1n) is 6.51. The maximum atomic E-state index is 11.9. The van der Waals surface area contributed by atoms with E-state index in [0.717, 1.165) is 16.9 Å². The molecule has 21 heavy (non-hydrogen) atoms. The molecule has 0 aliphatic rings. The fourth-order valence-electron chi connectivity index (χ4n) is 1.99. The molecule has 2 rings (SSSR count). The summed E-state index contributed by atoms with van der Waals surface area (Å²) < 4.78 is 5.59. The highest BCUT2D eigenvalue weighted by atomic mass is 35.5. The maximum Gasteiger partial charge on any atom is 0.262 e. The van der Waals surface area contributed by atoms with Crippen molar-refractivity contribution >= 4 is 28.9 Å². The Labute approximate surface area is 128 Å². The first-order valence-corrected chi connectivity index (χ1v) is 6.89. The van der Waals surface area contributed by atoms with Crippen molar-refractivity contribution < 1.29 is 9.53 Å². The largest absolute Gasteiger partial charge is 0.483 e. The van der Waals surface area contributed by atoms with E-state index in [2.05, 4.69) is 5.32 Å². The van der Waals surface area contributed by atoms with Crippen LogP contribution in [0.15, 0.2) is 36.4 Å². The number of hydrogen-bond donors (Lipinski definition) is 2. The van der Waals surface area contributed by atoms with Gasteiger partial charge in [-0.2, -0.15) is 0 Å². The Balaban J connectivity index is 2.01. The molecule has 0 atom stereocenters. The summed E-state index contributed by atoms with van der Waals surface area (Å²) in [4.78, 5) is 11.9. The molecule has 110 valence electrons. The van der Waals surface area contributed by atoms with Crippen LogP contribution < -0.4 is 15.8 Å². The molecule has 2 aromatic rings. The van der Waals surface area contributed by atoms with Crippen molar-refractivity contribution in [2.75, 3.05) is 17.7 Å². The molecule has 0 unspecified atom stereocenters. The molecular weight excluding hydrogens is 288 g/mol. The van der Waals surface area contributed by atoms with Crippen molar-refractivity contribution in [2.24, 2.45) is 0 Å². The Morgan fingerprint density at radius 1 is 1.24 bits per heavy atom. The lowest BCUT2D eigenvalue weighted by molar-refractivity contribution is -0.118. The number of amides is 1. The molecule has 0 aliphatic carbocycles. The molecular formula is C16H17ClN2O2. The molecule has 0 radical (unpaired) electrons. The predicted molar refractivity (Wildman–Crippen MR) is 85.9 cm³/mol. The number of nitrogen functional groups attached to an aromatic ring is 1. The standard InChI is InChI=1S/C16H17ClN2O2/c1-10-4-3-5-11(2)16(10)21-9-15(20)19-14-8-12(18)6-7-13(14)17/h3-8H,9,18H2,1-2H3,(H,19,20). The zero-order valence-corrected chi connectivity index (χ0v) is 12.7. The number of anilines is 2. The van der Waals surface area contributed by atoms with E-state index >= 15 is 0 Å². The number of nitrogens with one attached hydrogen (secondary N) is 1. The van der Waals surface area contributed by atoms with Gasteiger partial charge in [-0.05, 0) is 43.2 Å². The van der Waals surface area contributed by atoms with E-state index in [1.54, 1.807) is 18.2 Å². The van der Waals surface area contributed by atoms with Crippen molar-refractivity contribution in [1.29, 1.82) is 0 Å². The molecule has 4 nitrogen and oxygen atoms in total. The van der Waals surface area contributed by atoms with Gasteiger partial charge in [0.25, 0.3) is 5.91 Å². The summed E-state index contributed by atoms with van der Waals surface area (Å²) in [6, 6.07) is 10.7. The topological polar surface area (TPSA) is 64.3 Å². The number of aryl methyl sites for hydroxylation is 2. The number of rotatable bonds is 4. The van der Waals surface area contributed by atoms with Crippen LogP contribution in [0, 0.1) is 13.8 Å². The SMILES string of the molecule is Cc1cccc(C)c1OCC(=O)Nc1cc(N)ccc1Cl. The van der Waals surface area contributed by atoms with Gasteiger partial charge in [-0.15, -0.1) is 0 Å². The van der Waals surface area contributed by atoms with E-state index in [4.69, 9.17) is 22.1 Å². The number of benzene rings is 2. The minimum absolute atomic E-state index is 0.0865. The van der Waals surface area contributed by atoms with Crippen molar-refractivity contribution in [3.8, 4) is 5.75 Å². The quantitative estimate of drug-likeness (QED) is 0.849. The third kappa shape index (κ3) is 3.89. The van der Waals surface area contributed by atoms with Crippen LogP contribution in [0.4, 0.5) is 11.4 Å². The number of carbonyl (C=O) groups excluding carboxylic acids is 1. The Morgan fingerprint density at radius 3 is 2.57 bits per heavy atom. The predicted octanol–water partition coefficient (Wildman–Crippen LogP) is 3.56. The fraction of sp³-hybridized carbons (Fsp3) is 0.188. The summed E-state index contributed by atoms with van der Waals surface area (Å²) in [6.45, 7) is 3.79. The van der Waals surface area contributed by atoms with Gasteiger partial charge in [0.15, 0.2) is 6.61 Å². The van der Waals surface area contributed by atoms with Crippen LogP contribution in [0.1, 0.15) is 11.1 Å². The summed E-state index contributed by atoms with van der Waals surface area (Å²) in [7, 11) is 0. The highest BCUT2D eigenvalue weighted by molar-refractivity contribution is 6.33. The zero-order valence-electron chi connectivity index (χ0n) is 11.9. The highest BCUT2D eigenvalue weighted by Crippen LogP contribution is 2.25. The monoisotopic (exact) mass is 304 g/mol. The van der Waals surface area contributed by atoms with Crippen LogP contribution in [-0.2, 0) is 4.79 Å². The molecule has 5 heteroatoms. The summed E-state index contributed by atoms with van der Waals surface area (Å²) in [6.07, 6.45) is 0. The summed E-state index contributed by atoms with van der Waals surface area (Å²) in [5.74, 6) is 0.441. The van der Waals surface area contributed by atoms with Gasteiger partial charge < -0.3 is 15.8 Å². The van der Waals surface area contributed by atoms with Gasteiger partial charge in [0, 0.05) is 5.69 Å². The molecule has 0 fully saturated rings. The number of nitrogens with two attached hydrogens (primary N) is 1. The van der Waals surface area contributed by atoms with Gasteiger partial charge >= 0.3 is 0 Å². The zero-order chi connectivity index (χ0) is 15.4. The second kappa shape index (κ2) is 6.50. The van der Waals surface area contributed by atoms with Gasteiger partial charge in [0.1, 0.15) is 5.75 Å². The Kier molecular flexibility index (Phi) is 4.70. The van der Waals surface area contributed by atoms with E-state index in [1.165, 1.54) is 0 Å². The minimum Gasteiger partial charge on any atom is -0.483 e. The molecule has 0 aliphatic heterocycles. The van der Waals surface area contributed by atoms with Crippen LogP contribution >= 0.6 is 11.6 Å². The average molecular weight is 305 g/mol. The maximum absolute atomic E-state index is 11.9. The van der Waals surface area contributed by atoms with Crippen molar-refractivity contribution in [3.63, 3.8) is 0 Å². The third-order valence-corrected chi connectivity index (χ3v) is 3.35. The van der Waals surface area contributed by atoms with Crippen LogP contribution in [0.25, 0.3) is 0 Å². The average Bonchev–Trinajstić information content (AvgIpc) is 2.42. The Hall–Kier alpha value is -2.20. The lowest BCUT2D eigenvalue weighted by Gasteiger charge is -2.12. The number of halogens is 1. The van der Waals surface area contributed by atoms with Crippen molar-refractivity contribution in [2.45, 2.75) is 13.8 Å². The van der Waals surface area contributed by atoms with Crippen molar-refractivity contribution in [1.82, 2.24) is 0 Å². The van der Waals surface area contributed by atoms with Crippen LogP contribution in [0.5, 0.6) is 5.75 Å². The van der Waals surface area contributed by atoms with Gasteiger partial charge in [-0.25, -0.2) is 0 Å². The second-order valence-corrected chi connectivity index (χ2v) is 5.20. The van der Waals surface area contributed by atoms with E-state index in [0.29, 0.717) is 16.4 Å². The summed E-state index contributed by atoms with van der Waals surface area (Å²) in [5, 5.41) is 3.12. The molecule has 0 aromatic heterocycles. The fourth-order valence-corrected chi connectivity index (χ4v) is 2.15. The summed E-state index contributed by atoms with van der Waals surface area (Å²) >= 11 is 6.00. The first-order chi connectivity index (χ1) is 9.97. The Bertz CT molecular complexity index is 651. The molecule has 0 spiro atoms. The summed E-state index contributed by atoms with van der Waals surface area (Å²) in [5.41, 5.74) is 8.66. The van der Waals surface area contributed by atoms with Crippen LogP contribution in [-0.4, -0.2) is 12.5 Å². The molecule has 0 heterocycles. The minimum atomic E-state index is -0.287. The third-order valence-electron chi connectivity index (χ3n) is 3.02. The molecule has 0 saturated heterocycles. The van der Waals surface area contributed by atoms with E-state index < -0.39 is 0 Å². The van der Waals surface area contributed by atoms with Crippen LogP contribution in [0.2, 0.25) is 5.02 Å². The number of para-hydroxylation sites is 1. The molecule has 0 saturated carbocycles. The lowest BCUT2D eigenvalue weighted by Crippen LogP contribution is -2.21. The molecule has 0 bridgehead atoms. The van der Waals surface area contributed by atoms with Gasteiger partial charge in [-0.1, -0.05) is 29.8 Å². The van der Waals surface area contributed by atoms with E-state index in [1.807, 2.05) is 32.0 Å². The molecule has 3 N–H and O–H groups in total. The van der Waals surface area contributed by atoms with Gasteiger partial charge in [0.05, 0.1) is 10.7 Å².